The summed E-state index contributed by atoms with van der Waals surface area (Å²) in [6, 6.07) is -1.91. The van der Waals surface area contributed by atoms with Crippen LogP contribution < -0.4 is 5.73 Å². The Morgan fingerprint density at radius 1 is 1.09 bits per heavy atom. The molecule has 7 nitrogen and oxygen atoms in total. The molecule has 2 amide bonds. The van der Waals surface area contributed by atoms with Crippen molar-refractivity contribution in [1.29, 1.82) is 0 Å². The lowest BCUT2D eigenvalue weighted by Gasteiger charge is -2.31. The lowest BCUT2D eigenvalue weighted by Crippen LogP contribution is -2.54. The molecular formula is C16H27N3O4. The smallest absolute Gasteiger partial charge is 0.326 e. The second kappa shape index (κ2) is 7.29. The molecule has 2 saturated heterocycles. The Morgan fingerprint density at radius 2 is 1.65 bits per heavy atom. The Bertz CT molecular complexity index is 480. The number of carbonyl (C=O) groups is 3. The van der Waals surface area contributed by atoms with Crippen molar-refractivity contribution in [3.63, 3.8) is 0 Å². The van der Waals surface area contributed by atoms with Crippen molar-refractivity contribution < 1.29 is 19.5 Å². The average molecular weight is 325 g/mol. The fourth-order valence-corrected chi connectivity index (χ4v) is 3.59. The Hall–Kier alpha value is -1.63. The van der Waals surface area contributed by atoms with Gasteiger partial charge in [0.1, 0.15) is 12.1 Å². The third-order valence-electron chi connectivity index (χ3n) is 4.68. The van der Waals surface area contributed by atoms with Gasteiger partial charge in [-0.2, -0.15) is 0 Å². The van der Waals surface area contributed by atoms with Crippen LogP contribution in [0, 0.1) is 5.92 Å². The summed E-state index contributed by atoms with van der Waals surface area (Å²) < 4.78 is 0. The molecule has 0 radical (unpaired) electrons. The van der Waals surface area contributed by atoms with Gasteiger partial charge in [-0.05, 0) is 38.0 Å². The molecule has 3 atom stereocenters. The highest BCUT2D eigenvalue weighted by Gasteiger charge is 2.42. The molecule has 130 valence electrons. The Kier molecular flexibility index (Phi) is 5.62. The van der Waals surface area contributed by atoms with Crippen molar-refractivity contribution in [3.05, 3.63) is 0 Å². The first-order valence-electron chi connectivity index (χ1n) is 8.42. The molecule has 0 unspecified atom stereocenters. The third-order valence-corrected chi connectivity index (χ3v) is 4.68. The number of nitrogens with two attached hydrogens (primary N) is 1. The first-order valence-corrected chi connectivity index (χ1v) is 8.42. The van der Waals surface area contributed by atoms with Gasteiger partial charge in [-0.1, -0.05) is 13.8 Å². The molecule has 23 heavy (non-hydrogen) atoms. The molecule has 0 aromatic carbocycles. The summed E-state index contributed by atoms with van der Waals surface area (Å²) in [4.78, 5) is 39.6. The summed E-state index contributed by atoms with van der Waals surface area (Å²) in [7, 11) is 0. The van der Waals surface area contributed by atoms with Crippen molar-refractivity contribution in [2.45, 2.75) is 64.1 Å². The second-order valence-electron chi connectivity index (χ2n) is 6.95. The average Bonchev–Trinajstić information content (AvgIpc) is 3.13. The molecule has 0 bridgehead atoms. The Balaban J connectivity index is 2.07. The van der Waals surface area contributed by atoms with Crippen LogP contribution >= 0.6 is 0 Å². The van der Waals surface area contributed by atoms with E-state index in [0.29, 0.717) is 44.7 Å². The summed E-state index contributed by atoms with van der Waals surface area (Å²) in [5, 5.41) is 9.24. The van der Waals surface area contributed by atoms with Gasteiger partial charge in [0.05, 0.1) is 6.04 Å². The maximum absolute atomic E-state index is 12.8. The van der Waals surface area contributed by atoms with E-state index in [0.717, 1.165) is 6.42 Å². The number of hydrogen-bond donors (Lipinski definition) is 2. The number of amides is 2. The predicted molar refractivity (Wildman–Crippen MR) is 84.5 cm³/mol. The monoisotopic (exact) mass is 325 g/mol. The number of nitrogens with zero attached hydrogens (tertiary/aromatic N) is 2. The number of carboxylic acids is 1. The molecular weight excluding hydrogens is 298 g/mol. The van der Waals surface area contributed by atoms with Crippen molar-refractivity contribution in [1.82, 2.24) is 9.80 Å². The number of rotatable bonds is 5. The minimum absolute atomic E-state index is 0.194. The van der Waals surface area contributed by atoms with E-state index in [1.165, 1.54) is 4.90 Å². The molecule has 0 saturated carbocycles. The fraction of sp³-hybridized carbons (Fsp3) is 0.812. The molecule has 0 aliphatic carbocycles. The first kappa shape index (κ1) is 17.7. The zero-order valence-electron chi connectivity index (χ0n) is 13.9. The van der Waals surface area contributed by atoms with E-state index in [1.807, 2.05) is 13.8 Å². The number of carbonyl (C=O) groups excluding carboxylic acids is 2. The van der Waals surface area contributed by atoms with Crippen LogP contribution in [0.3, 0.4) is 0 Å². The SMILES string of the molecule is CC(C)C[C@H](N)C(=O)N1CCC[C@H]1C(=O)N1CCC[C@H]1C(=O)O. The number of carboxylic acid groups (broad SMARTS) is 1. The number of hydrogen-bond acceptors (Lipinski definition) is 4. The van der Waals surface area contributed by atoms with Gasteiger partial charge in [-0.3, -0.25) is 9.59 Å². The highest BCUT2D eigenvalue weighted by atomic mass is 16.4. The van der Waals surface area contributed by atoms with Crippen LogP contribution in [0.1, 0.15) is 46.0 Å². The van der Waals surface area contributed by atoms with Gasteiger partial charge < -0.3 is 20.6 Å². The van der Waals surface area contributed by atoms with Crippen LogP contribution in [0.2, 0.25) is 0 Å². The molecule has 0 spiro atoms. The van der Waals surface area contributed by atoms with Gasteiger partial charge in [0.15, 0.2) is 0 Å². The molecule has 2 rings (SSSR count). The highest BCUT2D eigenvalue weighted by molar-refractivity contribution is 5.92. The zero-order chi connectivity index (χ0) is 17.1. The van der Waals surface area contributed by atoms with Gasteiger partial charge in [-0.15, -0.1) is 0 Å². The van der Waals surface area contributed by atoms with Gasteiger partial charge in [0.25, 0.3) is 0 Å². The standard InChI is InChI=1S/C16H27N3O4/c1-10(2)9-11(17)14(20)18-7-3-5-12(18)15(21)19-8-4-6-13(19)16(22)23/h10-13H,3-9,17H2,1-2H3,(H,22,23)/t11-,12-,13-/m0/s1. The maximum atomic E-state index is 12.8. The molecule has 0 aromatic heterocycles. The second-order valence-corrected chi connectivity index (χ2v) is 6.95. The van der Waals surface area contributed by atoms with E-state index in [9.17, 15) is 19.5 Å². The zero-order valence-corrected chi connectivity index (χ0v) is 13.9. The van der Waals surface area contributed by atoms with Gasteiger partial charge in [0, 0.05) is 13.1 Å². The molecule has 2 fully saturated rings. The normalized spacial score (nSPS) is 25.9. The number of aliphatic carboxylic acids is 1. The quantitative estimate of drug-likeness (QED) is 0.762. The van der Waals surface area contributed by atoms with Crippen LogP contribution in [0.5, 0.6) is 0 Å². The number of likely N-dealkylation sites (tertiary alicyclic amines) is 2. The van der Waals surface area contributed by atoms with E-state index < -0.39 is 24.1 Å². The van der Waals surface area contributed by atoms with E-state index >= 15 is 0 Å². The van der Waals surface area contributed by atoms with Gasteiger partial charge in [0.2, 0.25) is 11.8 Å². The van der Waals surface area contributed by atoms with Crippen molar-refractivity contribution in [3.8, 4) is 0 Å². The summed E-state index contributed by atoms with van der Waals surface area (Å²) in [5.74, 6) is -1.10. The predicted octanol–water partition coefficient (Wildman–Crippen LogP) is 0.426. The van der Waals surface area contributed by atoms with Crippen LogP contribution in [0.15, 0.2) is 0 Å². The van der Waals surface area contributed by atoms with Crippen LogP contribution in [0.25, 0.3) is 0 Å². The van der Waals surface area contributed by atoms with Crippen molar-refractivity contribution in [2.75, 3.05) is 13.1 Å². The van der Waals surface area contributed by atoms with Gasteiger partial charge in [-0.25, -0.2) is 4.79 Å². The van der Waals surface area contributed by atoms with Crippen molar-refractivity contribution in [2.24, 2.45) is 11.7 Å². The Labute approximate surface area is 136 Å². The minimum atomic E-state index is -0.969. The highest BCUT2D eigenvalue weighted by Crippen LogP contribution is 2.25. The molecule has 0 aromatic rings. The van der Waals surface area contributed by atoms with Crippen LogP contribution in [-0.4, -0.2) is 63.9 Å². The lowest BCUT2D eigenvalue weighted by molar-refractivity contribution is -0.152. The maximum Gasteiger partial charge on any atom is 0.326 e. The van der Waals surface area contributed by atoms with Crippen molar-refractivity contribution >= 4 is 17.8 Å². The van der Waals surface area contributed by atoms with E-state index in [2.05, 4.69) is 0 Å². The molecule has 2 heterocycles. The molecule has 2 aliphatic heterocycles. The summed E-state index contributed by atoms with van der Waals surface area (Å²) >= 11 is 0. The third kappa shape index (κ3) is 3.83. The largest absolute Gasteiger partial charge is 0.480 e. The fourth-order valence-electron chi connectivity index (χ4n) is 3.59. The van der Waals surface area contributed by atoms with Gasteiger partial charge >= 0.3 is 5.97 Å². The van der Waals surface area contributed by atoms with E-state index in [4.69, 9.17) is 5.73 Å². The molecule has 3 N–H and O–H groups in total. The summed E-state index contributed by atoms with van der Waals surface area (Å²) in [5.41, 5.74) is 5.98. The van der Waals surface area contributed by atoms with Crippen LogP contribution in [0.4, 0.5) is 0 Å². The molecule has 2 aliphatic rings. The first-order chi connectivity index (χ1) is 10.8. The minimum Gasteiger partial charge on any atom is -0.480 e. The van der Waals surface area contributed by atoms with E-state index in [1.54, 1.807) is 4.90 Å². The topological polar surface area (TPSA) is 104 Å². The summed E-state index contributed by atoms with van der Waals surface area (Å²) in [6.45, 7) is 4.97. The Morgan fingerprint density at radius 3 is 2.22 bits per heavy atom. The van der Waals surface area contributed by atoms with Crippen LogP contribution in [-0.2, 0) is 14.4 Å². The molecule has 7 heteroatoms. The summed E-state index contributed by atoms with van der Waals surface area (Å²) in [6.07, 6.45) is 3.09. The lowest BCUT2D eigenvalue weighted by atomic mass is 10.0. The van der Waals surface area contributed by atoms with E-state index in [-0.39, 0.29) is 11.8 Å².